The molecule has 0 saturated heterocycles. The molecule has 0 saturated carbocycles. The van der Waals surface area contributed by atoms with Crippen molar-refractivity contribution in [3.63, 3.8) is 0 Å². The van der Waals surface area contributed by atoms with Gasteiger partial charge in [-0.3, -0.25) is 0 Å². The molecular formula is C13H12BrN. The summed E-state index contributed by atoms with van der Waals surface area (Å²) in [6, 6.07) is 16.2. The highest BCUT2D eigenvalue weighted by atomic mass is 79.9. The molecule has 2 heteroatoms. The van der Waals surface area contributed by atoms with Crippen molar-refractivity contribution in [1.29, 1.82) is 0 Å². The minimum Gasteiger partial charge on any atom is -0.398 e. The fraction of sp³-hybridized carbons (Fsp3) is 0.0769. The van der Waals surface area contributed by atoms with Crippen LogP contribution in [0.5, 0.6) is 0 Å². The van der Waals surface area contributed by atoms with Crippen LogP contribution in [0.4, 0.5) is 5.69 Å². The van der Waals surface area contributed by atoms with E-state index in [2.05, 4.69) is 34.1 Å². The Balaban J connectivity index is 2.30. The fourth-order valence-electron chi connectivity index (χ4n) is 1.54. The van der Waals surface area contributed by atoms with Crippen molar-refractivity contribution < 1.29 is 0 Å². The average molecular weight is 262 g/mol. The van der Waals surface area contributed by atoms with Crippen LogP contribution in [0, 0.1) is 0 Å². The molecule has 1 nitrogen and oxygen atoms in total. The van der Waals surface area contributed by atoms with Gasteiger partial charge in [0.1, 0.15) is 0 Å². The smallest absolute Gasteiger partial charge is 0.0349 e. The first kappa shape index (κ1) is 10.2. The molecule has 0 spiro atoms. The molecule has 0 radical (unpaired) electrons. The first-order valence-electron chi connectivity index (χ1n) is 4.84. The van der Waals surface area contributed by atoms with Crippen molar-refractivity contribution >= 4 is 21.6 Å². The van der Waals surface area contributed by atoms with E-state index in [9.17, 15) is 0 Å². The summed E-state index contributed by atoms with van der Waals surface area (Å²) in [5.74, 6) is 0. The predicted molar refractivity (Wildman–Crippen MR) is 67.8 cm³/mol. The molecule has 0 heterocycles. The Hall–Kier alpha value is -1.28. The molecule has 2 aromatic rings. The molecule has 0 aliphatic rings. The van der Waals surface area contributed by atoms with Crippen LogP contribution in [-0.4, -0.2) is 0 Å². The van der Waals surface area contributed by atoms with Gasteiger partial charge in [0.05, 0.1) is 0 Å². The highest BCUT2D eigenvalue weighted by molar-refractivity contribution is 9.10. The molecule has 2 aromatic carbocycles. The minimum absolute atomic E-state index is 0.855. The van der Waals surface area contributed by atoms with E-state index >= 15 is 0 Å². The number of rotatable bonds is 2. The van der Waals surface area contributed by atoms with Gasteiger partial charge in [-0.2, -0.15) is 0 Å². The third-order valence-electron chi connectivity index (χ3n) is 2.39. The first-order valence-corrected chi connectivity index (χ1v) is 5.63. The second-order valence-electron chi connectivity index (χ2n) is 3.47. The minimum atomic E-state index is 0.855. The lowest BCUT2D eigenvalue weighted by molar-refractivity contribution is 1.18. The molecule has 0 aliphatic heterocycles. The SMILES string of the molecule is Nc1ccccc1Cc1ccccc1Br. The molecule has 2 N–H and O–H groups in total. The van der Waals surface area contributed by atoms with E-state index in [1.165, 1.54) is 11.1 Å². The van der Waals surface area contributed by atoms with E-state index in [0.717, 1.165) is 16.6 Å². The molecular weight excluding hydrogens is 250 g/mol. The van der Waals surface area contributed by atoms with E-state index in [4.69, 9.17) is 5.73 Å². The third kappa shape index (κ3) is 2.39. The maximum Gasteiger partial charge on any atom is 0.0349 e. The van der Waals surface area contributed by atoms with Crippen molar-refractivity contribution in [2.75, 3.05) is 5.73 Å². The average Bonchev–Trinajstić information content (AvgIpc) is 2.24. The van der Waals surface area contributed by atoms with Crippen molar-refractivity contribution in [2.45, 2.75) is 6.42 Å². The number of hydrogen-bond donors (Lipinski definition) is 1. The van der Waals surface area contributed by atoms with Crippen molar-refractivity contribution in [3.8, 4) is 0 Å². The standard InChI is InChI=1S/C13H12BrN/c14-12-7-3-1-5-10(12)9-11-6-2-4-8-13(11)15/h1-8H,9,15H2. The first-order chi connectivity index (χ1) is 7.27. The van der Waals surface area contributed by atoms with Crippen LogP contribution in [0.1, 0.15) is 11.1 Å². The molecule has 76 valence electrons. The van der Waals surface area contributed by atoms with Crippen molar-refractivity contribution in [3.05, 3.63) is 64.1 Å². The lowest BCUT2D eigenvalue weighted by atomic mass is 10.0. The number of anilines is 1. The van der Waals surface area contributed by atoms with Gasteiger partial charge in [-0.05, 0) is 23.3 Å². The zero-order chi connectivity index (χ0) is 10.7. The summed E-state index contributed by atoms with van der Waals surface area (Å²) in [5.41, 5.74) is 9.19. The third-order valence-corrected chi connectivity index (χ3v) is 3.17. The molecule has 0 bridgehead atoms. The maximum absolute atomic E-state index is 5.90. The summed E-state index contributed by atoms with van der Waals surface area (Å²) in [6.07, 6.45) is 0.869. The largest absolute Gasteiger partial charge is 0.398 e. The van der Waals surface area contributed by atoms with Crippen LogP contribution < -0.4 is 5.73 Å². The van der Waals surface area contributed by atoms with Gasteiger partial charge < -0.3 is 5.73 Å². The Kier molecular flexibility index (Phi) is 3.07. The highest BCUT2D eigenvalue weighted by Crippen LogP contribution is 2.22. The number of nitrogens with two attached hydrogens (primary N) is 1. The second-order valence-corrected chi connectivity index (χ2v) is 4.32. The zero-order valence-electron chi connectivity index (χ0n) is 8.28. The molecule has 0 atom stereocenters. The summed E-state index contributed by atoms with van der Waals surface area (Å²) in [6.45, 7) is 0. The summed E-state index contributed by atoms with van der Waals surface area (Å²) < 4.78 is 1.13. The fourth-order valence-corrected chi connectivity index (χ4v) is 1.97. The maximum atomic E-state index is 5.90. The number of hydrogen-bond acceptors (Lipinski definition) is 1. The highest BCUT2D eigenvalue weighted by Gasteiger charge is 2.02. The van der Waals surface area contributed by atoms with Gasteiger partial charge in [0, 0.05) is 16.6 Å². The Morgan fingerprint density at radius 1 is 0.867 bits per heavy atom. The molecule has 0 aliphatic carbocycles. The molecule has 0 aromatic heterocycles. The van der Waals surface area contributed by atoms with E-state index in [1.54, 1.807) is 0 Å². The lowest BCUT2D eigenvalue weighted by Gasteiger charge is -2.06. The van der Waals surface area contributed by atoms with Crippen LogP contribution in [0.2, 0.25) is 0 Å². The van der Waals surface area contributed by atoms with Crippen molar-refractivity contribution in [1.82, 2.24) is 0 Å². The lowest BCUT2D eigenvalue weighted by Crippen LogP contribution is -1.95. The quantitative estimate of drug-likeness (QED) is 0.822. The van der Waals surface area contributed by atoms with E-state index in [1.807, 2.05) is 30.3 Å². The Labute approximate surface area is 98.1 Å². The number of para-hydroxylation sites is 1. The van der Waals surface area contributed by atoms with Crippen molar-refractivity contribution in [2.24, 2.45) is 0 Å². The predicted octanol–water partition coefficient (Wildman–Crippen LogP) is 3.62. The van der Waals surface area contributed by atoms with Crippen LogP contribution in [0.3, 0.4) is 0 Å². The number of halogens is 1. The summed E-state index contributed by atoms with van der Waals surface area (Å²) in [4.78, 5) is 0. The van der Waals surface area contributed by atoms with Gasteiger partial charge in [0.25, 0.3) is 0 Å². The molecule has 0 unspecified atom stereocenters. The van der Waals surface area contributed by atoms with Gasteiger partial charge in [-0.1, -0.05) is 52.3 Å². The Bertz CT molecular complexity index is 422. The Morgan fingerprint density at radius 3 is 2.13 bits per heavy atom. The van der Waals surface area contributed by atoms with E-state index in [-0.39, 0.29) is 0 Å². The Morgan fingerprint density at radius 2 is 1.47 bits per heavy atom. The van der Waals surface area contributed by atoms with Crippen LogP contribution in [0.15, 0.2) is 53.0 Å². The summed E-state index contributed by atoms with van der Waals surface area (Å²) in [5, 5.41) is 0. The van der Waals surface area contributed by atoms with Crippen LogP contribution >= 0.6 is 15.9 Å². The topological polar surface area (TPSA) is 26.0 Å². The second kappa shape index (κ2) is 4.49. The molecule has 0 amide bonds. The number of nitrogen functional groups attached to an aromatic ring is 1. The molecule has 0 fully saturated rings. The van der Waals surface area contributed by atoms with E-state index in [0.29, 0.717) is 0 Å². The molecule has 15 heavy (non-hydrogen) atoms. The number of benzene rings is 2. The molecule has 2 rings (SSSR count). The van der Waals surface area contributed by atoms with Gasteiger partial charge in [-0.25, -0.2) is 0 Å². The van der Waals surface area contributed by atoms with Crippen LogP contribution in [0.25, 0.3) is 0 Å². The summed E-state index contributed by atoms with van der Waals surface area (Å²) >= 11 is 3.54. The van der Waals surface area contributed by atoms with Gasteiger partial charge in [0.2, 0.25) is 0 Å². The van der Waals surface area contributed by atoms with Gasteiger partial charge >= 0.3 is 0 Å². The monoisotopic (exact) mass is 261 g/mol. The van der Waals surface area contributed by atoms with Crippen LogP contribution in [-0.2, 0) is 6.42 Å². The van der Waals surface area contributed by atoms with Gasteiger partial charge in [-0.15, -0.1) is 0 Å². The van der Waals surface area contributed by atoms with Gasteiger partial charge in [0.15, 0.2) is 0 Å². The van der Waals surface area contributed by atoms with E-state index < -0.39 is 0 Å². The summed E-state index contributed by atoms with van der Waals surface area (Å²) in [7, 11) is 0. The normalized spacial score (nSPS) is 10.2. The zero-order valence-corrected chi connectivity index (χ0v) is 9.87.